The normalized spacial score (nSPS) is 32.7. The molecule has 0 aliphatic carbocycles. The molecule has 3 rings (SSSR count). The van der Waals surface area contributed by atoms with E-state index < -0.39 is 0 Å². The molecule has 0 bridgehead atoms. The van der Waals surface area contributed by atoms with E-state index >= 15 is 0 Å². The van der Waals surface area contributed by atoms with Gasteiger partial charge in [-0.2, -0.15) is 0 Å². The Bertz CT molecular complexity index is 398. The van der Waals surface area contributed by atoms with Crippen LogP contribution in [0.25, 0.3) is 0 Å². The molecule has 0 saturated carbocycles. The van der Waals surface area contributed by atoms with Crippen LogP contribution in [0, 0.1) is 11.8 Å². The maximum Gasteiger partial charge on any atom is 0.220 e. The molecule has 3 nitrogen and oxygen atoms in total. The van der Waals surface area contributed by atoms with Gasteiger partial charge in [-0.05, 0) is 23.8 Å². The minimum atomic E-state index is 0.176. The number of hydrogen-bond donors (Lipinski definition) is 1. The van der Waals surface area contributed by atoms with Crippen LogP contribution in [-0.4, -0.2) is 19.1 Å². The minimum absolute atomic E-state index is 0.176. The molecule has 2 aliphatic rings. The van der Waals surface area contributed by atoms with Gasteiger partial charge in [0.1, 0.15) is 0 Å². The second-order valence-electron chi connectivity index (χ2n) is 4.95. The predicted octanol–water partition coefficient (Wildman–Crippen LogP) is 1.90. The van der Waals surface area contributed by atoms with Gasteiger partial charge in [-0.3, -0.25) is 4.79 Å². The fourth-order valence-corrected chi connectivity index (χ4v) is 2.99. The van der Waals surface area contributed by atoms with Crippen molar-refractivity contribution in [3.63, 3.8) is 0 Å². The van der Waals surface area contributed by atoms with Gasteiger partial charge in [-0.1, -0.05) is 30.3 Å². The van der Waals surface area contributed by atoms with Crippen LogP contribution in [0.4, 0.5) is 0 Å². The summed E-state index contributed by atoms with van der Waals surface area (Å²) in [6.07, 6.45) is 1.73. The Hall–Kier alpha value is -1.35. The van der Waals surface area contributed by atoms with Crippen molar-refractivity contribution in [2.75, 3.05) is 13.2 Å². The summed E-state index contributed by atoms with van der Waals surface area (Å²) in [5.41, 5.74) is 1.22. The van der Waals surface area contributed by atoms with Gasteiger partial charge in [0.25, 0.3) is 0 Å². The lowest BCUT2D eigenvalue weighted by Gasteiger charge is -2.23. The predicted molar refractivity (Wildman–Crippen MR) is 64.4 cm³/mol. The molecule has 1 aromatic rings. The fraction of sp³-hybridized carbons (Fsp3) is 0.500. The summed E-state index contributed by atoms with van der Waals surface area (Å²) < 4.78 is 5.45. The van der Waals surface area contributed by atoms with E-state index in [-0.39, 0.29) is 11.9 Å². The third-order valence-corrected chi connectivity index (χ3v) is 3.89. The number of carbonyl (C=O) groups is 1. The van der Waals surface area contributed by atoms with Crippen molar-refractivity contribution >= 4 is 5.91 Å². The van der Waals surface area contributed by atoms with Crippen molar-refractivity contribution < 1.29 is 9.53 Å². The van der Waals surface area contributed by atoms with Crippen LogP contribution in [0.15, 0.2) is 30.3 Å². The van der Waals surface area contributed by atoms with Crippen molar-refractivity contribution in [1.82, 2.24) is 5.32 Å². The molecule has 3 atom stereocenters. The Labute approximate surface area is 101 Å². The minimum Gasteiger partial charge on any atom is -0.381 e. The van der Waals surface area contributed by atoms with E-state index in [0.29, 0.717) is 18.3 Å². The molecule has 3 heteroatoms. The van der Waals surface area contributed by atoms with Gasteiger partial charge < -0.3 is 10.1 Å². The van der Waals surface area contributed by atoms with E-state index in [9.17, 15) is 4.79 Å². The molecule has 1 aromatic carbocycles. The van der Waals surface area contributed by atoms with Crippen molar-refractivity contribution in [1.29, 1.82) is 0 Å². The van der Waals surface area contributed by atoms with Gasteiger partial charge >= 0.3 is 0 Å². The van der Waals surface area contributed by atoms with E-state index in [2.05, 4.69) is 17.4 Å². The number of amides is 1. The molecule has 0 radical (unpaired) electrons. The van der Waals surface area contributed by atoms with E-state index in [1.807, 2.05) is 18.2 Å². The average Bonchev–Trinajstić information content (AvgIpc) is 2.98. The molecule has 1 amide bonds. The van der Waals surface area contributed by atoms with Gasteiger partial charge in [0.2, 0.25) is 5.91 Å². The van der Waals surface area contributed by atoms with Crippen molar-refractivity contribution in [2.45, 2.75) is 18.9 Å². The van der Waals surface area contributed by atoms with Crippen LogP contribution >= 0.6 is 0 Å². The van der Waals surface area contributed by atoms with Crippen molar-refractivity contribution in [3.8, 4) is 0 Å². The third kappa shape index (κ3) is 2.07. The second kappa shape index (κ2) is 4.49. The maximum absolute atomic E-state index is 11.6. The van der Waals surface area contributed by atoms with Gasteiger partial charge in [-0.15, -0.1) is 0 Å². The van der Waals surface area contributed by atoms with Crippen LogP contribution in [0.3, 0.4) is 0 Å². The van der Waals surface area contributed by atoms with Crippen LogP contribution in [0.5, 0.6) is 0 Å². The van der Waals surface area contributed by atoms with Gasteiger partial charge in [0.05, 0.1) is 6.04 Å². The first kappa shape index (κ1) is 10.8. The zero-order valence-electron chi connectivity index (χ0n) is 9.76. The second-order valence-corrected chi connectivity index (χ2v) is 4.95. The van der Waals surface area contributed by atoms with Crippen LogP contribution in [0.2, 0.25) is 0 Å². The van der Waals surface area contributed by atoms with E-state index in [4.69, 9.17) is 4.74 Å². The largest absolute Gasteiger partial charge is 0.381 e. The lowest BCUT2D eigenvalue weighted by Crippen LogP contribution is -2.24. The smallest absolute Gasteiger partial charge is 0.220 e. The number of rotatable bonds is 2. The lowest BCUT2D eigenvalue weighted by molar-refractivity contribution is -0.119. The van der Waals surface area contributed by atoms with Crippen molar-refractivity contribution in [3.05, 3.63) is 35.9 Å². The molecule has 2 heterocycles. The van der Waals surface area contributed by atoms with Gasteiger partial charge in [-0.25, -0.2) is 0 Å². The topological polar surface area (TPSA) is 38.3 Å². The zero-order valence-corrected chi connectivity index (χ0v) is 9.76. The van der Waals surface area contributed by atoms with E-state index in [0.717, 1.165) is 19.6 Å². The molecule has 2 saturated heterocycles. The van der Waals surface area contributed by atoms with E-state index in [1.54, 1.807) is 0 Å². The summed E-state index contributed by atoms with van der Waals surface area (Å²) in [6, 6.07) is 10.4. The fourth-order valence-electron chi connectivity index (χ4n) is 2.99. The quantitative estimate of drug-likeness (QED) is 0.844. The van der Waals surface area contributed by atoms with Gasteiger partial charge in [0, 0.05) is 19.6 Å². The summed E-state index contributed by atoms with van der Waals surface area (Å²) in [5, 5.41) is 3.10. The first-order valence-electron chi connectivity index (χ1n) is 6.26. The number of carbonyl (C=O) groups excluding carboxylic acids is 1. The highest BCUT2D eigenvalue weighted by Crippen LogP contribution is 2.38. The SMILES string of the molecule is O=C1CC(C2CCOC2)C(c2ccccc2)N1. The Kier molecular flexibility index (Phi) is 2.85. The average molecular weight is 231 g/mol. The number of ether oxygens (including phenoxy) is 1. The highest BCUT2D eigenvalue weighted by Gasteiger charge is 2.39. The molecular weight excluding hydrogens is 214 g/mol. The lowest BCUT2D eigenvalue weighted by atomic mass is 9.83. The zero-order chi connectivity index (χ0) is 11.7. The molecule has 2 aliphatic heterocycles. The Morgan fingerprint density at radius 1 is 1.24 bits per heavy atom. The molecule has 3 unspecified atom stereocenters. The highest BCUT2D eigenvalue weighted by molar-refractivity contribution is 5.79. The number of benzene rings is 1. The molecule has 0 spiro atoms. The summed E-state index contributed by atoms with van der Waals surface area (Å²) >= 11 is 0. The monoisotopic (exact) mass is 231 g/mol. The molecular formula is C14H17NO2. The van der Waals surface area contributed by atoms with Gasteiger partial charge in [0.15, 0.2) is 0 Å². The molecule has 1 N–H and O–H groups in total. The molecule has 0 aromatic heterocycles. The first-order valence-corrected chi connectivity index (χ1v) is 6.26. The Balaban J connectivity index is 1.84. The highest BCUT2D eigenvalue weighted by atomic mass is 16.5. The Morgan fingerprint density at radius 3 is 2.76 bits per heavy atom. The maximum atomic E-state index is 11.6. The molecule has 17 heavy (non-hydrogen) atoms. The summed E-state index contributed by atoms with van der Waals surface area (Å²) in [5.74, 6) is 1.10. The summed E-state index contributed by atoms with van der Waals surface area (Å²) in [6.45, 7) is 1.65. The van der Waals surface area contributed by atoms with Crippen LogP contribution < -0.4 is 5.32 Å². The molecule has 2 fully saturated rings. The van der Waals surface area contributed by atoms with Crippen LogP contribution in [-0.2, 0) is 9.53 Å². The van der Waals surface area contributed by atoms with E-state index in [1.165, 1.54) is 5.56 Å². The molecule has 90 valence electrons. The van der Waals surface area contributed by atoms with Crippen molar-refractivity contribution in [2.24, 2.45) is 11.8 Å². The van der Waals surface area contributed by atoms with Crippen LogP contribution in [0.1, 0.15) is 24.4 Å². The standard InChI is InChI=1S/C14H17NO2/c16-13-8-12(11-6-7-17-9-11)14(15-13)10-4-2-1-3-5-10/h1-5,11-12,14H,6-9H2,(H,15,16). The Morgan fingerprint density at radius 2 is 2.06 bits per heavy atom. The summed E-state index contributed by atoms with van der Waals surface area (Å²) in [7, 11) is 0. The third-order valence-electron chi connectivity index (χ3n) is 3.89. The number of nitrogens with one attached hydrogen (secondary N) is 1. The summed E-state index contributed by atoms with van der Waals surface area (Å²) in [4.78, 5) is 11.6. The number of hydrogen-bond acceptors (Lipinski definition) is 2. The first-order chi connectivity index (χ1) is 8.34.